The molecule has 0 unspecified atom stereocenters. The maximum Gasteiger partial charge on any atom is 0.287 e. The fraction of sp³-hybridized carbons (Fsp3) is 0.333. The highest BCUT2D eigenvalue weighted by Crippen LogP contribution is 2.45. The van der Waals surface area contributed by atoms with E-state index in [-0.39, 0.29) is 5.82 Å². The topological polar surface area (TPSA) is 46.2 Å². The van der Waals surface area contributed by atoms with Crippen LogP contribution in [-0.2, 0) is 15.1 Å². The molecule has 0 saturated heterocycles. The lowest BCUT2D eigenvalue weighted by Gasteiger charge is -2.16. The van der Waals surface area contributed by atoms with Crippen molar-refractivity contribution in [3.05, 3.63) is 35.6 Å². The highest BCUT2D eigenvalue weighted by atomic mass is 19.1. The number of nitrogens with one attached hydrogen (secondary N) is 1. The number of carbonyl (C=O) groups excluding carboxylic acids is 2. The Morgan fingerprint density at radius 3 is 2.56 bits per heavy atom. The summed E-state index contributed by atoms with van der Waals surface area (Å²) in [7, 11) is 0. The van der Waals surface area contributed by atoms with E-state index in [2.05, 4.69) is 5.32 Å². The number of halogens is 1. The van der Waals surface area contributed by atoms with Crippen molar-refractivity contribution >= 4 is 11.7 Å². The quantitative estimate of drug-likeness (QED) is 0.786. The van der Waals surface area contributed by atoms with Crippen LogP contribution < -0.4 is 5.32 Å². The summed E-state index contributed by atoms with van der Waals surface area (Å²) >= 11 is 0. The van der Waals surface area contributed by atoms with Gasteiger partial charge >= 0.3 is 0 Å². The second-order valence-electron chi connectivity index (χ2n) is 4.10. The maximum absolute atomic E-state index is 13.0. The molecule has 4 heteroatoms. The number of hydrogen-bond acceptors (Lipinski definition) is 2. The van der Waals surface area contributed by atoms with Crippen molar-refractivity contribution in [2.24, 2.45) is 0 Å². The highest BCUT2D eigenvalue weighted by Gasteiger charge is 2.46. The number of carbonyl (C=O) groups is 2. The van der Waals surface area contributed by atoms with Crippen molar-refractivity contribution < 1.29 is 14.0 Å². The molecular formula is C12H12FNO2. The molecule has 16 heavy (non-hydrogen) atoms. The van der Waals surface area contributed by atoms with Gasteiger partial charge in [-0.25, -0.2) is 4.39 Å². The van der Waals surface area contributed by atoms with Crippen molar-refractivity contribution in [1.82, 2.24) is 5.32 Å². The summed E-state index contributed by atoms with van der Waals surface area (Å²) in [4.78, 5) is 22.2. The molecule has 1 aromatic rings. The molecule has 0 aliphatic heterocycles. The maximum atomic E-state index is 13.0. The zero-order valence-electron chi connectivity index (χ0n) is 8.92. The van der Waals surface area contributed by atoms with Crippen molar-refractivity contribution in [3.63, 3.8) is 0 Å². The lowest BCUT2D eigenvalue weighted by Crippen LogP contribution is -2.38. The molecule has 1 N–H and O–H groups in total. The summed E-state index contributed by atoms with van der Waals surface area (Å²) in [6.07, 6.45) is 1.49. The highest BCUT2D eigenvalue weighted by molar-refractivity contribution is 6.35. The van der Waals surface area contributed by atoms with E-state index in [0.29, 0.717) is 0 Å². The molecule has 3 nitrogen and oxygen atoms in total. The van der Waals surface area contributed by atoms with E-state index in [1.54, 1.807) is 12.1 Å². The molecular weight excluding hydrogens is 209 g/mol. The van der Waals surface area contributed by atoms with Crippen molar-refractivity contribution in [2.75, 3.05) is 0 Å². The predicted octanol–water partition coefficient (Wildman–Crippen LogP) is 1.52. The first kappa shape index (κ1) is 10.8. The van der Waals surface area contributed by atoms with Crippen LogP contribution in [0.4, 0.5) is 4.39 Å². The summed E-state index contributed by atoms with van der Waals surface area (Å²) in [5.41, 5.74) is 0.201. The van der Waals surface area contributed by atoms with Gasteiger partial charge in [-0.3, -0.25) is 9.59 Å². The van der Waals surface area contributed by atoms with Crippen LogP contribution in [0.2, 0.25) is 0 Å². The third-order valence-electron chi connectivity index (χ3n) is 2.80. The minimum Gasteiger partial charge on any atom is -0.340 e. The van der Waals surface area contributed by atoms with E-state index >= 15 is 0 Å². The molecule has 1 saturated carbocycles. The fourth-order valence-electron chi connectivity index (χ4n) is 1.70. The molecule has 1 aromatic carbocycles. The summed E-state index contributed by atoms with van der Waals surface area (Å²) in [6.45, 7) is 1.22. The number of benzene rings is 1. The van der Waals surface area contributed by atoms with Gasteiger partial charge in [0.15, 0.2) is 0 Å². The SMILES string of the molecule is CC(=O)C(=O)NC1(c2cccc(F)c2)CC1. The van der Waals surface area contributed by atoms with Gasteiger partial charge in [0.1, 0.15) is 5.82 Å². The van der Waals surface area contributed by atoms with Crippen molar-refractivity contribution in [3.8, 4) is 0 Å². The Kier molecular flexibility index (Phi) is 2.50. The third kappa shape index (κ3) is 1.96. The van der Waals surface area contributed by atoms with Gasteiger partial charge in [-0.05, 0) is 30.5 Å². The van der Waals surface area contributed by atoms with Crippen LogP contribution in [0.25, 0.3) is 0 Å². The van der Waals surface area contributed by atoms with Crippen LogP contribution in [0.5, 0.6) is 0 Å². The van der Waals surface area contributed by atoms with Crippen molar-refractivity contribution in [1.29, 1.82) is 0 Å². The fourth-order valence-corrected chi connectivity index (χ4v) is 1.70. The Morgan fingerprint density at radius 2 is 2.06 bits per heavy atom. The molecule has 0 spiro atoms. The first-order chi connectivity index (χ1) is 7.53. The average molecular weight is 221 g/mol. The van der Waals surface area contributed by atoms with Crippen LogP contribution in [0, 0.1) is 5.82 Å². The zero-order valence-corrected chi connectivity index (χ0v) is 8.92. The molecule has 2 rings (SSSR count). The van der Waals surface area contributed by atoms with Gasteiger partial charge in [0.2, 0.25) is 5.78 Å². The first-order valence-electron chi connectivity index (χ1n) is 5.13. The van der Waals surface area contributed by atoms with E-state index < -0.39 is 17.2 Å². The number of hydrogen-bond donors (Lipinski definition) is 1. The number of Topliss-reactive ketones (excluding diaryl/α,β-unsaturated/α-hetero) is 1. The normalized spacial score (nSPS) is 16.6. The molecule has 0 bridgehead atoms. The molecule has 1 aliphatic carbocycles. The molecule has 1 fully saturated rings. The van der Waals surface area contributed by atoms with Crippen LogP contribution >= 0.6 is 0 Å². The number of amides is 1. The summed E-state index contributed by atoms with van der Waals surface area (Å²) in [6, 6.07) is 6.11. The predicted molar refractivity (Wildman–Crippen MR) is 56.1 cm³/mol. The Hall–Kier alpha value is -1.71. The lowest BCUT2D eigenvalue weighted by molar-refractivity contribution is -0.137. The van der Waals surface area contributed by atoms with Crippen LogP contribution in [-0.4, -0.2) is 11.7 Å². The average Bonchev–Trinajstić information content (AvgIpc) is 2.99. The zero-order chi connectivity index (χ0) is 11.8. The summed E-state index contributed by atoms with van der Waals surface area (Å²) < 4.78 is 13.0. The van der Waals surface area contributed by atoms with Gasteiger partial charge in [-0.2, -0.15) is 0 Å². The van der Waals surface area contributed by atoms with E-state index in [1.807, 2.05) is 0 Å². The van der Waals surface area contributed by atoms with Gasteiger partial charge in [0, 0.05) is 6.92 Å². The van der Waals surface area contributed by atoms with Crippen LogP contribution in [0.3, 0.4) is 0 Å². The van der Waals surface area contributed by atoms with Crippen LogP contribution in [0.1, 0.15) is 25.3 Å². The Balaban J connectivity index is 2.20. The van der Waals surface area contributed by atoms with E-state index in [1.165, 1.54) is 19.1 Å². The number of rotatable bonds is 3. The molecule has 0 aromatic heterocycles. The Bertz CT molecular complexity index is 452. The van der Waals surface area contributed by atoms with Crippen molar-refractivity contribution in [2.45, 2.75) is 25.3 Å². The molecule has 1 aliphatic rings. The van der Waals surface area contributed by atoms with Gasteiger partial charge in [-0.15, -0.1) is 0 Å². The minimum absolute atomic E-state index is 0.333. The van der Waals surface area contributed by atoms with Gasteiger partial charge in [-0.1, -0.05) is 12.1 Å². The molecule has 0 atom stereocenters. The Morgan fingerprint density at radius 1 is 1.38 bits per heavy atom. The second kappa shape index (κ2) is 3.70. The summed E-state index contributed by atoms with van der Waals surface area (Å²) in [5.74, 6) is -1.47. The second-order valence-corrected chi connectivity index (χ2v) is 4.10. The Labute approximate surface area is 92.7 Å². The first-order valence-corrected chi connectivity index (χ1v) is 5.13. The van der Waals surface area contributed by atoms with Gasteiger partial charge in [0.05, 0.1) is 5.54 Å². The number of ketones is 1. The standard InChI is InChI=1S/C12H12FNO2/c1-8(15)11(16)14-12(5-6-12)9-3-2-4-10(13)7-9/h2-4,7H,5-6H2,1H3,(H,14,16). The van der Waals surface area contributed by atoms with E-state index in [9.17, 15) is 14.0 Å². The monoisotopic (exact) mass is 221 g/mol. The molecule has 0 radical (unpaired) electrons. The van der Waals surface area contributed by atoms with Crippen LogP contribution in [0.15, 0.2) is 24.3 Å². The summed E-state index contributed by atoms with van der Waals surface area (Å²) in [5, 5.41) is 2.66. The minimum atomic E-state index is -0.609. The van der Waals surface area contributed by atoms with Gasteiger partial charge in [0.25, 0.3) is 5.91 Å². The van der Waals surface area contributed by atoms with Gasteiger partial charge < -0.3 is 5.32 Å². The largest absolute Gasteiger partial charge is 0.340 e. The molecule has 0 heterocycles. The lowest BCUT2D eigenvalue weighted by atomic mass is 10.0. The van der Waals surface area contributed by atoms with E-state index in [0.717, 1.165) is 18.4 Å². The molecule has 1 amide bonds. The smallest absolute Gasteiger partial charge is 0.287 e. The van der Waals surface area contributed by atoms with E-state index in [4.69, 9.17) is 0 Å². The molecule has 84 valence electrons. The third-order valence-corrected chi connectivity index (χ3v) is 2.80.